The molecule has 1 aliphatic carbocycles. The normalized spacial score (nSPS) is 37.7. The summed E-state index contributed by atoms with van der Waals surface area (Å²) in [4.78, 5) is 24.0. The van der Waals surface area contributed by atoms with E-state index in [2.05, 4.69) is 0 Å². The van der Waals surface area contributed by atoms with Gasteiger partial charge >= 0.3 is 11.9 Å². The smallest absolute Gasteiger partial charge is 0.334 e. The molecule has 0 aromatic heterocycles. The van der Waals surface area contributed by atoms with Gasteiger partial charge in [0.2, 0.25) is 6.29 Å². The molecule has 0 bridgehead atoms. The van der Waals surface area contributed by atoms with Crippen molar-refractivity contribution < 1.29 is 59.2 Å². The van der Waals surface area contributed by atoms with Crippen LogP contribution in [0.4, 0.5) is 0 Å². The molecule has 2 aliphatic heterocycles. The van der Waals surface area contributed by atoms with Crippen LogP contribution in [-0.4, -0.2) is 98.4 Å². The van der Waals surface area contributed by atoms with E-state index in [4.69, 9.17) is 24.1 Å². The fraction of sp³-hybridized carbons (Fsp3) is 0.692. The van der Waals surface area contributed by atoms with E-state index in [0.717, 1.165) is 11.8 Å². The maximum absolute atomic E-state index is 12.4. The van der Waals surface area contributed by atoms with Crippen molar-refractivity contribution in [3.8, 4) is 0 Å². The Morgan fingerprint density at radius 1 is 1.13 bits per heavy atom. The van der Waals surface area contributed by atoms with Gasteiger partial charge in [-0.3, -0.25) is 0 Å². The number of carboxylic acids is 1. The number of aliphatic carboxylic acids is 1. The molecule has 12 nitrogen and oxygen atoms in total. The van der Waals surface area contributed by atoms with Crippen molar-refractivity contribution >= 4 is 11.9 Å². The summed E-state index contributed by atoms with van der Waals surface area (Å²) in [5, 5.41) is 60.5. The van der Waals surface area contributed by atoms with E-state index in [1.54, 1.807) is 26.0 Å². The molecule has 12 heteroatoms. The molecule has 0 amide bonds. The van der Waals surface area contributed by atoms with Crippen LogP contribution in [0.3, 0.4) is 0 Å². The summed E-state index contributed by atoms with van der Waals surface area (Å²) < 4.78 is 22.1. The maximum atomic E-state index is 12.4. The van der Waals surface area contributed by atoms with Gasteiger partial charge in [0, 0.05) is 11.5 Å². The first kappa shape index (κ1) is 30.2. The van der Waals surface area contributed by atoms with Crippen LogP contribution < -0.4 is 0 Å². The Morgan fingerprint density at radius 3 is 2.50 bits per heavy atom. The molecule has 2 fully saturated rings. The minimum Gasteiger partial charge on any atom is -0.478 e. The van der Waals surface area contributed by atoms with Gasteiger partial charge in [0.1, 0.15) is 31.0 Å². The summed E-state index contributed by atoms with van der Waals surface area (Å²) in [5.41, 5.74) is -0.0235. The molecule has 6 N–H and O–H groups in total. The van der Waals surface area contributed by atoms with Gasteiger partial charge in [-0.25, -0.2) is 9.59 Å². The summed E-state index contributed by atoms with van der Waals surface area (Å²) in [6.07, 6.45) is -2.69. The average molecular weight is 543 g/mol. The first-order chi connectivity index (χ1) is 17.9. The number of fused-ring (bicyclic) bond motifs is 1. The fourth-order valence-electron chi connectivity index (χ4n) is 5.13. The van der Waals surface area contributed by atoms with Crippen LogP contribution in [0.1, 0.15) is 46.5 Å². The van der Waals surface area contributed by atoms with Crippen molar-refractivity contribution in [2.24, 2.45) is 11.8 Å². The van der Waals surface area contributed by atoms with E-state index in [1.165, 1.54) is 0 Å². The van der Waals surface area contributed by atoms with Crippen molar-refractivity contribution in [1.29, 1.82) is 0 Å². The SMILES string of the molecule is C/C(=C\CO)CC/C=C(\C)C(=O)OC[C@H]1O[C@@H](O[C@@H]2OC=C(C(=O)O)C3CC[C@](C)(O)C32)[C@H](O)[C@@H](O)[C@@H]1O. The number of carboxylic acid groups (broad SMARTS) is 1. The van der Waals surface area contributed by atoms with Crippen molar-refractivity contribution in [3.05, 3.63) is 35.1 Å². The lowest BCUT2D eigenvalue weighted by Crippen LogP contribution is -2.61. The van der Waals surface area contributed by atoms with Crippen LogP contribution in [0.25, 0.3) is 0 Å². The number of ether oxygens (including phenoxy) is 4. The van der Waals surface area contributed by atoms with Gasteiger partial charge in [-0.15, -0.1) is 0 Å². The monoisotopic (exact) mass is 542 g/mol. The lowest BCUT2D eigenvalue weighted by molar-refractivity contribution is -0.346. The van der Waals surface area contributed by atoms with E-state index in [1.807, 2.05) is 6.92 Å². The summed E-state index contributed by atoms with van der Waals surface area (Å²) in [7, 11) is 0. The number of aliphatic hydroxyl groups is 5. The van der Waals surface area contributed by atoms with E-state index in [9.17, 15) is 35.1 Å². The highest BCUT2D eigenvalue weighted by atomic mass is 16.8. The van der Waals surface area contributed by atoms with E-state index >= 15 is 0 Å². The third-order valence-corrected chi connectivity index (χ3v) is 7.45. The Balaban J connectivity index is 1.64. The van der Waals surface area contributed by atoms with Crippen LogP contribution in [0.5, 0.6) is 0 Å². The molecule has 1 saturated heterocycles. The standard InChI is InChI=1S/C26H38O12/c1-13(8-10-27)5-4-6-14(2)23(33)35-12-17-19(28)20(29)21(30)25(37-17)38-24-18-15(7-9-26(18,3)34)16(11-36-24)22(31)32/h6,8,11,15,17-21,24-25,27-30,34H,4-5,7,9-10,12H2,1-3H3,(H,31,32)/b13-8+,14-6+/t15?,17-,18?,19-,20+,21-,24+,25+,26+/m1/s1. The molecule has 2 unspecified atom stereocenters. The van der Waals surface area contributed by atoms with Gasteiger partial charge in [0.25, 0.3) is 0 Å². The highest BCUT2D eigenvalue weighted by molar-refractivity contribution is 5.88. The summed E-state index contributed by atoms with van der Waals surface area (Å²) >= 11 is 0. The highest BCUT2D eigenvalue weighted by Crippen LogP contribution is 2.49. The second kappa shape index (κ2) is 12.7. The zero-order chi connectivity index (χ0) is 28.2. The fourth-order valence-corrected chi connectivity index (χ4v) is 5.13. The third-order valence-electron chi connectivity index (χ3n) is 7.45. The van der Waals surface area contributed by atoms with Gasteiger partial charge in [-0.2, -0.15) is 0 Å². The van der Waals surface area contributed by atoms with Gasteiger partial charge in [-0.1, -0.05) is 17.7 Å². The number of esters is 1. The van der Waals surface area contributed by atoms with E-state index in [0.29, 0.717) is 31.3 Å². The molecular weight excluding hydrogens is 504 g/mol. The molecule has 3 rings (SSSR count). The number of carbonyl (C=O) groups excluding carboxylic acids is 1. The molecular formula is C26H38O12. The first-order valence-electron chi connectivity index (χ1n) is 12.6. The summed E-state index contributed by atoms with van der Waals surface area (Å²) in [6.45, 7) is 4.47. The number of rotatable bonds is 10. The van der Waals surface area contributed by atoms with Crippen LogP contribution in [-0.2, 0) is 28.5 Å². The quantitative estimate of drug-likeness (QED) is 0.124. The van der Waals surface area contributed by atoms with Crippen LogP contribution in [0.2, 0.25) is 0 Å². The van der Waals surface area contributed by atoms with Crippen molar-refractivity contribution in [3.63, 3.8) is 0 Å². The number of allylic oxidation sites excluding steroid dienone is 2. The van der Waals surface area contributed by atoms with Gasteiger partial charge in [0.15, 0.2) is 6.29 Å². The molecule has 0 radical (unpaired) electrons. The number of aliphatic hydroxyl groups excluding tert-OH is 4. The number of hydrogen-bond acceptors (Lipinski definition) is 11. The molecule has 3 aliphatic rings. The second-order valence-corrected chi connectivity index (χ2v) is 10.3. The van der Waals surface area contributed by atoms with Gasteiger partial charge in [-0.05, 0) is 46.5 Å². The predicted molar refractivity (Wildman–Crippen MR) is 130 cm³/mol. The topological polar surface area (TPSA) is 192 Å². The molecule has 2 heterocycles. The van der Waals surface area contributed by atoms with E-state index in [-0.39, 0.29) is 12.2 Å². The molecule has 1 saturated carbocycles. The summed E-state index contributed by atoms with van der Waals surface area (Å²) in [6, 6.07) is 0. The van der Waals surface area contributed by atoms with Crippen molar-refractivity contribution in [2.75, 3.05) is 13.2 Å². The lowest BCUT2D eigenvalue weighted by atomic mass is 9.81. The minimum atomic E-state index is -1.70. The second-order valence-electron chi connectivity index (χ2n) is 10.3. The molecule has 0 spiro atoms. The molecule has 38 heavy (non-hydrogen) atoms. The Labute approximate surface area is 220 Å². The van der Waals surface area contributed by atoms with Crippen LogP contribution in [0, 0.1) is 11.8 Å². The summed E-state index contributed by atoms with van der Waals surface area (Å²) in [5.74, 6) is -3.19. The van der Waals surface area contributed by atoms with Crippen LogP contribution >= 0.6 is 0 Å². The molecule has 0 aromatic rings. The van der Waals surface area contributed by atoms with Gasteiger partial charge < -0.3 is 49.6 Å². The first-order valence-corrected chi connectivity index (χ1v) is 12.6. The molecule has 9 atom stereocenters. The third kappa shape index (κ3) is 6.81. The molecule has 0 aromatic carbocycles. The Hall–Kier alpha value is -2.32. The van der Waals surface area contributed by atoms with E-state index < -0.39 is 73.0 Å². The lowest BCUT2D eigenvalue weighted by Gasteiger charge is -2.44. The molecule has 214 valence electrons. The van der Waals surface area contributed by atoms with Crippen molar-refractivity contribution in [1.82, 2.24) is 0 Å². The predicted octanol–water partition coefficient (Wildman–Crippen LogP) is 0.121. The Kier molecular flexibility index (Phi) is 10.1. The Bertz CT molecular complexity index is 954. The van der Waals surface area contributed by atoms with Crippen LogP contribution in [0.15, 0.2) is 35.1 Å². The maximum Gasteiger partial charge on any atom is 0.334 e. The zero-order valence-electron chi connectivity index (χ0n) is 21.7. The largest absolute Gasteiger partial charge is 0.478 e. The van der Waals surface area contributed by atoms with Gasteiger partial charge in [0.05, 0.1) is 30.0 Å². The number of carbonyl (C=O) groups is 2. The zero-order valence-corrected chi connectivity index (χ0v) is 21.7. The number of hydrogen-bond donors (Lipinski definition) is 6. The highest BCUT2D eigenvalue weighted by Gasteiger charge is 2.56. The minimum absolute atomic E-state index is 0.000913. The van der Waals surface area contributed by atoms with Crippen molar-refractivity contribution in [2.45, 2.75) is 89.1 Å². The average Bonchev–Trinajstić information content (AvgIpc) is 3.18. The Morgan fingerprint density at radius 2 is 1.84 bits per heavy atom.